The lowest BCUT2D eigenvalue weighted by Crippen LogP contribution is -2.40. The maximum absolute atomic E-state index is 11.0. The number of methoxy groups -OCH3 is 1. The van der Waals surface area contributed by atoms with E-state index in [1.807, 2.05) is 17.8 Å². The smallest absolute Gasteiger partial charge is 0.305 e. The van der Waals surface area contributed by atoms with Gasteiger partial charge in [-0.25, -0.2) is 0 Å². The minimum atomic E-state index is -0.120. The number of esters is 1. The van der Waals surface area contributed by atoms with E-state index < -0.39 is 0 Å². The third kappa shape index (κ3) is 10.7. The molecule has 2 N–H and O–H groups in total. The number of nitrogens with one attached hydrogen (secondary N) is 2. The van der Waals surface area contributed by atoms with Crippen LogP contribution in [0.1, 0.15) is 39.0 Å². The highest BCUT2D eigenvalue weighted by atomic mass is 32.2. The molecular weight excluding hydrogens is 334 g/mol. The molecule has 0 aliphatic rings. The van der Waals surface area contributed by atoms with E-state index in [0.717, 1.165) is 44.7 Å². The average Bonchev–Trinajstić information content (AvgIpc) is 2.63. The number of unbranched alkanes of at least 4 members (excludes halogenated alkanes) is 3. The summed E-state index contributed by atoms with van der Waals surface area (Å²) in [6.45, 7) is 3.95. The van der Waals surface area contributed by atoms with E-state index in [4.69, 9.17) is 0 Å². The zero-order chi connectivity index (χ0) is 18.3. The van der Waals surface area contributed by atoms with Crippen LogP contribution in [0.3, 0.4) is 0 Å². The molecule has 1 atom stereocenters. The quantitative estimate of drug-likeness (QED) is 0.207. The SMILES string of the molecule is CN=C(NCCCCCCC(=O)OC)NCC(C)Sc1ccccc1. The molecule has 1 rings (SSSR count). The van der Waals surface area contributed by atoms with Crippen molar-refractivity contribution in [2.45, 2.75) is 49.2 Å². The number of aliphatic imine (C=N–C) groups is 1. The number of ether oxygens (including phenoxy) is 1. The third-order valence-electron chi connectivity index (χ3n) is 3.69. The summed E-state index contributed by atoms with van der Waals surface area (Å²) in [5, 5.41) is 7.17. The normalized spacial score (nSPS) is 12.5. The summed E-state index contributed by atoms with van der Waals surface area (Å²) in [4.78, 5) is 16.6. The van der Waals surface area contributed by atoms with Gasteiger partial charge in [-0.2, -0.15) is 0 Å². The highest BCUT2D eigenvalue weighted by Gasteiger charge is 2.05. The molecule has 0 heterocycles. The summed E-state index contributed by atoms with van der Waals surface area (Å²) in [5.74, 6) is 0.722. The first-order valence-electron chi connectivity index (χ1n) is 8.88. The Morgan fingerprint density at radius 3 is 2.56 bits per heavy atom. The molecule has 1 aromatic carbocycles. The lowest BCUT2D eigenvalue weighted by molar-refractivity contribution is -0.140. The molecule has 1 aromatic rings. The van der Waals surface area contributed by atoms with Gasteiger partial charge in [0.05, 0.1) is 7.11 Å². The number of hydrogen-bond donors (Lipinski definition) is 2. The molecule has 0 aliphatic carbocycles. The van der Waals surface area contributed by atoms with Gasteiger partial charge in [-0.3, -0.25) is 9.79 Å². The number of benzene rings is 1. The van der Waals surface area contributed by atoms with Crippen LogP contribution in [0.2, 0.25) is 0 Å². The molecule has 0 spiro atoms. The van der Waals surface area contributed by atoms with Crippen LogP contribution in [0.15, 0.2) is 40.2 Å². The lowest BCUT2D eigenvalue weighted by Gasteiger charge is -2.16. The van der Waals surface area contributed by atoms with Crippen LogP contribution < -0.4 is 10.6 Å². The fraction of sp³-hybridized carbons (Fsp3) is 0.579. The summed E-state index contributed by atoms with van der Waals surface area (Å²) in [6, 6.07) is 10.4. The van der Waals surface area contributed by atoms with Crippen molar-refractivity contribution in [2.24, 2.45) is 4.99 Å². The molecule has 0 bridgehead atoms. The Bertz CT molecular complexity index is 509. The first-order valence-corrected chi connectivity index (χ1v) is 9.76. The van der Waals surface area contributed by atoms with E-state index in [0.29, 0.717) is 11.7 Å². The molecule has 0 saturated heterocycles. The number of carbonyl (C=O) groups excluding carboxylic acids is 1. The predicted octanol–water partition coefficient (Wildman–Crippen LogP) is 3.46. The number of rotatable bonds is 11. The monoisotopic (exact) mass is 365 g/mol. The Labute approximate surface area is 156 Å². The molecule has 6 heteroatoms. The molecule has 0 saturated carbocycles. The molecule has 0 aromatic heterocycles. The zero-order valence-electron chi connectivity index (χ0n) is 15.6. The van der Waals surface area contributed by atoms with Gasteiger partial charge in [-0.05, 0) is 25.0 Å². The van der Waals surface area contributed by atoms with Gasteiger partial charge in [0, 0.05) is 36.7 Å². The van der Waals surface area contributed by atoms with Crippen molar-refractivity contribution in [3.63, 3.8) is 0 Å². The summed E-state index contributed by atoms with van der Waals surface area (Å²) < 4.78 is 4.63. The van der Waals surface area contributed by atoms with Gasteiger partial charge in [0.25, 0.3) is 0 Å². The molecule has 0 radical (unpaired) electrons. The molecule has 5 nitrogen and oxygen atoms in total. The minimum Gasteiger partial charge on any atom is -0.469 e. The van der Waals surface area contributed by atoms with E-state index in [9.17, 15) is 4.79 Å². The van der Waals surface area contributed by atoms with E-state index in [1.54, 1.807) is 7.05 Å². The molecular formula is C19H31N3O2S. The van der Waals surface area contributed by atoms with E-state index >= 15 is 0 Å². The second kappa shape index (κ2) is 13.6. The van der Waals surface area contributed by atoms with Crippen molar-refractivity contribution in [1.82, 2.24) is 10.6 Å². The van der Waals surface area contributed by atoms with Crippen LogP contribution in [0.25, 0.3) is 0 Å². The van der Waals surface area contributed by atoms with Crippen LogP contribution in [0.5, 0.6) is 0 Å². The van der Waals surface area contributed by atoms with Crippen LogP contribution in [-0.4, -0.2) is 44.4 Å². The predicted molar refractivity (Wildman–Crippen MR) is 106 cm³/mol. The van der Waals surface area contributed by atoms with Gasteiger partial charge in [0.2, 0.25) is 0 Å². The largest absolute Gasteiger partial charge is 0.469 e. The standard InChI is InChI=1S/C19H31N3O2S/c1-16(25-17-11-7-6-8-12-17)15-22-19(20-2)21-14-10-5-4-9-13-18(23)24-3/h6-8,11-12,16H,4-5,9-10,13-15H2,1-3H3,(H2,20,21,22). The molecule has 25 heavy (non-hydrogen) atoms. The van der Waals surface area contributed by atoms with Gasteiger partial charge in [0.1, 0.15) is 0 Å². The molecule has 0 fully saturated rings. The zero-order valence-corrected chi connectivity index (χ0v) is 16.4. The van der Waals surface area contributed by atoms with Crippen molar-refractivity contribution in [3.05, 3.63) is 30.3 Å². The van der Waals surface area contributed by atoms with Crippen molar-refractivity contribution < 1.29 is 9.53 Å². The molecule has 0 aliphatic heterocycles. The van der Waals surface area contributed by atoms with Crippen molar-refractivity contribution in [2.75, 3.05) is 27.2 Å². The maximum atomic E-state index is 11.0. The summed E-state index contributed by atoms with van der Waals surface area (Å²) >= 11 is 1.85. The molecule has 0 amide bonds. The Hall–Kier alpha value is -1.69. The van der Waals surface area contributed by atoms with Gasteiger partial charge < -0.3 is 15.4 Å². The number of hydrogen-bond acceptors (Lipinski definition) is 4. The highest BCUT2D eigenvalue weighted by Crippen LogP contribution is 2.21. The number of guanidine groups is 1. The molecule has 1 unspecified atom stereocenters. The van der Waals surface area contributed by atoms with Crippen LogP contribution in [0, 0.1) is 0 Å². The fourth-order valence-corrected chi connectivity index (χ4v) is 3.24. The second-order valence-corrected chi connectivity index (χ2v) is 7.37. The van der Waals surface area contributed by atoms with Crippen LogP contribution in [-0.2, 0) is 9.53 Å². The van der Waals surface area contributed by atoms with Gasteiger partial charge in [0.15, 0.2) is 5.96 Å². The summed E-state index contributed by atoms with van der Waals surface area (Å²) in [5.41, 5.74) is 0. The van der Waals surface area contributed by atoms with Crippen molar-refractivity contribution >= 4 is 23.7 Å². The fourth-order valence-electron chi connectivity index (χ4n) is 2.29. The Balaban J connectivity index is 2.09. The van der Waals surface area contributed by atoms with Crippen molar-refractivity contribution in [3.8, 4) is 0 Å². The van der Waals surface area contributed by atoms with Gasteiger partial charge >= 0.3 is 5.97 Å². The average molecular weight is 366 g/mol. The van der Waals surface area contributed by atoms with Gasteiger partial charge in [-0.15, -0.1) is 11.8 Å². The topological polar surface area (TPSA) is 62.7 Å². The summed E-state index contributed by atoms with van der Waals surface area (Å²) in [6.07, 6.45) is 4.63. The van der Waals surface area contributed by atoms with Crippen LogP contribution >= 0.6 is 11.8 Å². The number of carbonyl (C=O) groups is 1. The molecule has 140 valence electrons. The Kier molecular flexibility index (Phi) is 11.6. The second-order valence-electron chi connectivity index (χ2n) is 5.86. The Morgan fingerprint density at radius 1 is 1.16 bits per heavy atom. The van der Waals surface area contributed by atoms with E-state index in [2.05, 4.69) is 51.6 Å². The van der Waals surface area contributed by atoms with Crippen molar-refractivity contribution in [1.29, 1.82) is 0 Å². The van der Waals surface area contributed by atoms with E-state index in [-0.39, 0.29) is 5.97 Å². The van der Waals surface area contributed by atoms with E-state index in [1.165, 1.54) is 12.0 Å². The minimum absolute atomic E-state index is 0.120. The van der Waals surface area contributed by atoms with Gasteiger partial charge in [-0.1, -0.05) is 38.0 Å². The number of thioether (sulfide) groups is 1. The first kappa shape index (κ1) is 21.4. The summed E-state index contributed by atoms with van der Waals surface area (Å²) in [7, 11) is 3.23. The Morgan fingerprint density at radius 2 is 1.88 bits per heavy atom. The highest BCUT2D eigenvalue weighted by molar-refractivity contribution is 8.00. The lowest BCUT2D eigenvalue weighted by atomic mass is 10.1. The van der Waals surface area contributed by atoms with Crippen LogP contribution in [0.4, 0.5) is 0 Å². The third-order valence-corrected chi connectivity index (χ3v) is 4.80. The number of nitrogens with zero attached hydrogens (tertiary/aromatic N) is 1. The maximum Gasteiger partial charge on any atom is 0.305 e. The first-order chi connectivity index (χ1) is 12.2.